The molecule has 0 unspecified atom stereocenters. The molecule has 1 aliphatic carbocycles. The van der Waals surface area contributed by atoms with Gasteiger partial charge in [-0.1, -0.05) is 6.07 Å². The standard InChI is InChI=1S/C22H27N3O3/c1-22(2,3)25-18(14-6-7-14)12-16(23-25)21(26)24-10-4-5-17(24)15-8-9-19-20(11-15)28-13-27-19/h8-9,11-12,14,17H,4-7,10,13H2,1-3H3/t17-/m0/s1. The van der Waals surface area contributed by atoms with Crippen molar-refractivity contribution in [3.63, 3.8) is 0 Å². The van der Waals surface area contributed by atoms with E-state index in [0.717, 1.165) is 36.4 Å². The Balaban J connectivity index is 1.44. The summed E-state index contributed by atoms with van der Waals surface area (Å²) in [5.41, 5.74) is 2.75. The Kier molecular flexibility index (Phi) is 3.93. The summed E-state index contributed by atoms with van der Waals surface area (Å²) < 4.78 is 13.0. The molecule has 2 aromatic rings. The summed E-state index contributed by atoms with van der Waals surface area (Å²) in [7, 11) is 0. The van der Waals surface area contributed by atoms with Gasteiger partial charge >= 0.3 is 0 Å². The summed E-state index contributed by atoms with van der Waals surface area (Å²) in [6.07, 6.45) is 4.35. The fraction of sp³-hybridized carbons (Fsp3) is 0.545. The average Bonchev–Trinajstić information content (AvgIpc) is 3.10. The number of aromatic nitrogens is 2. The zero-order valence-electron chi connectivity index (χ0n) is 16.8. The Morgan fingerprint density at radius 1 is 1.11 bits per heavy atom. The normalized spacial score (nSPS) is 21.4. The van der Waals surface area contributed by atoms with Crippen molar-refractivity contribution in [3.8, 4) is 11.5 Å². The molecule has 3 heterocycles. The highest BCUT2D eigenvalue weighted by atomic mass is 16.7. The predicted molar refractivity (Wildman–Crippen MR) is 105 cm³/mol. The van der Waals surface area contributed by atoms with Crippen molar-refractivity contribution in [2.75, 3.05) is 13.3 Å². The van der Waals surface area contributed by atoms with Crippen molar-refractivity contribution in [2.45, 2.75) is 64.0 Å². The van der Waals surface area contributed by atoms with Crippen molar-refractivity contribution >= 4 is 5.91 Å². The molecule has 3 aliphatic rings. The van der Waals surface area contributed by atoms with Gasteiger partial charge in [-0.3, -0.25) is 9.48 Å². The Morgan fingerprint density at radius 2 is 1.89 bits per heavy atom. The monoisotopic (exact) mass is 381 g/mol. The number of amides is 1. The molecule has 0 bridgehead atoms. The molecule has 0 radical (unpaired) electrons. The van der Waals surface area contributed by atoms with Gasteiger partial charge in [0.05, 0.1) is 11.6 Å². The van der Waals surface area contributed by atoms with Crippen LogP contribution in [0, 0.1) is 0 Å². The van der Waals surface area contributed by atoms with Gasteiger partial charge in [0.2, 0.25) is 6.79 Å². The second-order valence-electron chi connectivity index (χ2n) is 9.08. The van der Waals surface area contributed by atoms with Crippen LogP contribution in [-0.4, -0.2) is 33.9 Å². The maximum Gasteiger partial charge on any atom is 0.274 e. The van der Waals surface area contributed by atoms with E-state index >= 15 is 0 Å². The zero-order chi connectivity index (χ0) is 19.5. The van der Waals surface area contributed by atoms with Gasteiger partial charge in [-0.05, 0) is 70.2 Å². The fourth-order valence-electron chi connectivity index (χ4n) is 4.33. The number of ether oxygens (including phenoxy) is 2. The second-order valence-corrected chi connectivity index (χ2v) is 9.08. The first-order valence-electron chi connectivity index (χ1n) is 10.2. The van der Waals surface area contributed by atoms with Crippen LogP contribution in [0.15, 0.2) is 24.3 Å². The number of benzene rings is 1. The van der Waals surface area contributed by atoms with Crippen LogP contribution in [0.25, 0.3) is 0 Å². The molecule has 0 N–H and O–H groups in total. The number of carbonyl (C=O) groups is 1. The number of hydrogen-bond donors (Lipinski definition) is 0. The molecule has 2 aliphatic heterocycles. The molecular formula is C22H27N3O3. The minimum absolute atomic E-state index is 0.0325. The topological polar surface area (TPSA) is 56.6 Å². The van der Waals surface area contributed by atoms with E-state index in [-0.39, 0.29) is 24.3 Å². The van der Waals surface area contributed by atoms with E-state index < -0.39 is 0 Å². The van der Waals surface area contributed by atoms with Crippen molar-refractivity contribution in [2.24, 2.45) is 0 Å². The fourth-order valence-corrected chi connectivity index (χ4v) is 4.33. The van der Waals surface area contributed by atoms with Gasteiger partial charge < -0.3 is 14.4 Å². The molecule has 6 heteroatoms. The van der Waals surface area contributed by atoms with E-state index in [2.05, 4.69) is 25.5 Å². The molecule has 0 spiro atoms. The summed E-state index contributed by atoms with van der Waals surface area (Å²) in [5.74, 6) is 2.13. The summed E-state index contributed by atoms with van der Waals surface area (Å²) in [6.45, 7) is 7.46. The number of likely N-dealkylation sites (tertiary alicyclic amines) is 1. The van der Waals surface area contributed by atoms with Crippen LogP contribution in [0.1, 0.15) is 80.2 Å². The van der Waals surface area contributed by atoms with Gasteiger partial charge in [0.15, 0.2) is 17.2 Å². The van der Waals surface area contributed by atoms with E-state index in [4.69, 9.17) is 14.6 Å². The molecular weight excluding hydrogens is 354 g/mol. The molecule has 2 fully saturated rings. The maximum atomic E-state index is 13.4. The first kappa shape index (κ1) is 17.6. The van der Waals surface area contributed by atoms with E-state index in [1.807, 2.05) is 29.2 Å². The molecule has 1 atom stereocenters. The number of nitrogens with zero attached hydrogens (tertiary/aromatic N) is 3. The van der Waals surface area contributed by atoms with Gasteiger partial charge in [-0.25, -0.2) is 0 Å². The molecule has 1 amide bonds. The van der Waals surface area contributed by atoms with Crippen LogP contribution in [0.3, 0.4) is 0 Å². The largest absolute Gasteiger partial charge is 0.454 e. The quantitative estimate of drug-likeness (QED) is 0.799. The van der Waals surface area contributed by atoms with Crippen LogP contribution >= 0.6 is 0 Å². The van der Waals surface area contributed by atoms with Gasteiger partial charge in [-0.2, -0.15) is 5.10 Å². The predicted octanol–water partition coefficient (Wildman–Crippen LogP) is 4.22. The van der Waals surface area contributed by atoms with E-state index in [1.165, 1.54) is 18.5 Å². The minimum atomic E-state index is -0.127. The van der Waals surface area contributed by atoms with Crippen molar-refractivity contribution in [3.05, 3.63) is 41.2 Å². The number of rotatable bonds is 3. The van der Waals surface area contributed by atoms with Crippen LogP contribution in [0.2, 0.25) is 0 Å². The highest BCUT2D eigenvalue weighted by Crippen LogP contribution is 2.43. The summed E-state index contributed by atoms with van der Waals surface area (Å²) >= 11 is 0. The van der Waals surface area contributed by atoms with E-state index in [9.17, 15) is 4.79 Å². The minimum Gasteiger partial charge on any atom is -0.454 e. The van der Waals surface area contributed by atoms with E-state index in [1.54, 1.807) is 0 Å². The van der Waals surface area contributed by atoms with Crippen molar-refractivity contribution in [1.29, 1.82) is 0 Å². The lowest BCUT2D eigenvalue weighted by atomic mass is 10.0. The summed E-state index contributed by atoms with van der Waals surface area (Å²) in [5, 5.41) is 4.75. The van der Waals surface area contributed by atoms with Crippen molar-refractivity contribution < 1.29 is 14.3 Å². The second kappa shape index (κ2) is 6.26. The third-order valence-corrected chi connectivity index (χ3v) is 5.88. The molecule has 28 heavy (non-hydrogen) atoms. The number of carbonyl (C=O) groups excluding carboxylic acids is 1. The Labute approximate surface area is 165 Å². The summed E-state index contributed by atoms with van der Waals surface area (Å²) in [4.78, 5) is 15.4. The molecule has 148 valence electrons. The maximum absolute atomic E-state index is 13.4. The zero-order valence-corrected chi connectivity index (χ0v) is 16.8. The van der Waals surface area contributed by atoms with Gasteiger partial charge in [0.25, 0.3) is 5.91 Å². The lowest BCUT2D eigenvalue weighted by Crippen LogP contribution is -2.31. The smallest absolute Gasteiger partial charge is 0.274 e. The highest BCUT2D eigenvalue weighted by Gasteiger charge is 2.36. The Morgan fingerprint density at radius 3 is 2.64 bits per heavy atom. The van der Waals surface area contributed by atoms with Crippen molar-refractivity contribution in [1.82, 2.24) is 14.7 Å². The van der Waals surface area contributed by atoms with Crippen LogP contribution in [-0.2, 0) is 5.54 Å². The molecule has 1 aromatic heterocycles. The lowest BCUT2D eigenvalue weighted by molar-refractivity contribution is 0.0727. The van der Waals surface area contributed by atoms with E-state index in [0.29, 0.717) is 11.6 Å². The SMILES string of the molecule is CC(C)(C)n1nc(C(=O)N2CCC[C@H]2c2ccc3c(c2)OCO3)cc1C1CC1. The number of hydrogen-bond acceptors (Lipinski definition) is 4. The van der Waals surface area contributed by atoms with Gasteiger partial charge in [-0.15, -0.1) is 0 Å². The third kappa shape index (κ3) is 2.95. The van der Waals surface area contributed by atoms with Gasteiger partial charge in [0, 0.05) is 18.2 Å². The van der Waals surface area contributed by atoms with Crippen LogP contribution in [0.5, 0.6) is 11.5 Å². The Bertz CT molecular complexity index is 924. The molecule has 1 aromatic carbocycles. The van der Waals surface area contributed by atoms with Crippen LogP contribution in [0.4, 0.5) is 0 Å². The first-order valence-corrected chi connectivity index (χ1v) is 10.2. The Hall–Kier alpha value is -2.50. The molecule has 1 saturated heterocycles. The molecule has 5 rings (SSSR count). The summed E-state index contributed by atoms with van der Waals surface area (Å²) in [6, 6.07) is 8.10. The van der Waals surface area contributed by atoms with Gasteiger partial charge in [0.1, 0.15) is 0 Å². The molecule has 1 saturated carbocycles. The number of fused-ring (bicyclic) bond motifs is 1. The lowest BCUT2D eigenvalue weighted by Gasteiger charge is -2.25. The molecule has 6 nitrogen and oxygen atoms in total. The van der Waals surface area contributed by atoms with Crippen LogP contribution < -0.4 is 9.47 Å². The first-order chi connectivity index (χ1) is 13.4. The average molecular weight is 381 g/mol. The third-order valence-electron chi connectivity index (χ3n) is 5.88. The highest BCUT2D eigenvalue weighted by molar-refractivity contribution is 5.93.